The number of halogens is 3. The number of amides is 1. The highest BCUT2D eigenvalue weighted by molar-refractivity contribution is 9.10. The number of nitrogens with zero attached hydrogens (tertiary/aromatic N) is 1. The number of hydrogen-bond acceptors (Lipinski definition) is 3. The molecule has 1 aromatic carbocycles. The third-order valence-electron chi connectivity index (χ3n) is 3.19. The van der Waals surface area contributed by atoms with E-state index < -0.39 is 0 Å². The second-order valence-corrected chi connectivity index (χ2v) is 8.90. The summed E-state index contributed by atoms with van der Waals surface area (Å²) in [5, 5.41) is 0.0281. The van der Waals surface area contributed by atoms with Crippen LogP contribution in [-0.2, 0) is 0 Å². The second kappa shape index (κ2) is 6.50. The van der Waals surface area contributed by atoms with Crippen molar-refractivity contribution >= 4 is 68.1 Å². The quantitative estimate of drug-likeness (QED) is 0.618. The lowest BCUT2D eigenvalue weighted by Crippen LogP contribution is -2.30. The van der Waals surface area contributed by atoms with Crippen LogP contribution in [0.15, 0.2) is 34.8 Å². The van der Waals surface area contributed by atoms with Gasteiger partial charge in [0.15, 0.2) is 0 Å². The average Bonchev–Trinajstić information content (AvgIpc) is 3.05. The minimum atomic E-state index is -0.0546. The molecule has 0 bridgehead atoms. The first-order chi connectivity index (χ1) is 10.1. The van der Waals surface area contributed by atoms with Gasteiger partial charge < -0.3 is 4.90 Å². The Morgan fingerprint density at radius 2 is 2.00 bits per heavy atom. The first kappa shape index (κ1) is 15.7. The van der Waals surface area contributed by atoms with Gasteiger partial charge in [0.1, 0.15) is 9.71 Å². The number of carbonyl (C=O) groups is 1. The van der Waals surface area contributed by atoms with Gasteiger partial charge in [-0.2, -0.15) is 0 Å². The molecule has 3 rings (SSSR count). The van der Waals surface area contributed by atoms with Crippen molar-refractivity contribution in [2.24, 2.45) is 0 Å². The molecular formula is C14H10BrCl2NOS2. The van der Waals surface area contributed by atoms with Crippen LogP contribution >= 0.6 is 62.2 Å². The van der Waals surface area contributed by atoms with Gasteiger partial charge in [-0.1, -0.05) is 51.3 Å². The maximum atomic E-state index is 12.7. The van der Waals surface area contributed by atoms with Gasteiger partial charge >= 0.3 is 0 Å². The average molecular weight is 423 g/mol. The molecule has 0 spiro atoms. The van der Waals surface area contributed by atoms with Crippen LogP contribution in [0.1, 0.15) is 21.3 Å². The van der Waals surface area contributed by atoms with Crippen LogP contribution in [0.2, 0.25) is 8.67 Å². The lowest BCUT2D eigenvalue weighted by Gasteiger charge is -2.24. The lowest BCUT2D eigenvalue weighted by molar-refractivity contribution is 0.0761. The third kappa shape index (κ3) is 3.27. The Kier molecular flexibility index (Phi) is 4.86. The van der Waals surface area contributed by atoms with E-state index in [1.807, 2.05) is 29.2 Å². The van der Waals surface area contributed by atoms with Crippen molar-refractivity contribution in [1.82, 2.24) is 4.90 Å². The molecule has 0 aliphatic carbocycles. The van der Waals surface area contributed by atoms with E-state index in [2.05, 4.69) is 15.9 Å². The fourth-order valence-electron chi connectivity index (χ4n) is 2.22. The zero-order chi connectivity index (χ0) is 15.0. The Morgan fingerprint density at radius 1 is 1.29 bits per heavy atom. The maximum Gasteiger partial charge on any atom is 0.257 e. The molecule has 7 heteroatoms. The number of hydrogen-bond donors (Lipinski definition) is 0. The van der Waals surface area contributed by atoms with Gasteiger partial charge in [0.2, 0.25) is 0 Å². The molecule has 21 heavy (non-hydrogen) atoms. The normalized spacial score (nSPS) is 18.2. The fourth-order valence-corrected chi connectivity index (χ4v) is 5.19. The van der Waals surface area contributed by atoms with Crippen molar-refractivity contribution in [2.45, 2.75) is 5.37 Å². The molecule has 1 unspecified atom stereocenters. The van der Waals surface area contributed by atoms with Gasteiger partial charge in [-0.25, -0.2) is 0 Å². The Hall–Kier alpha value is -0.200. The molecule has 2 heterocycles. The van der Waals surface area contributed by atoms with Gasteiger partial charge in [-0.05, 0) is 23.8 Å². The number of thiophene rings is 1. The summed E-state index contributed by atoms with van der Waals surface area (Å²) in [7, 11) is 0. The monoisotopic (exact) mass is 421 g/mol. The Bertz CT molecular complexity index is 674. The molecule has 2 aromatic rings. The highest BCUT2D eigenvalue weighted by Gasteiger charge is 2.32. The zero-order valence-electron chi connectivity index (χ0n) is 10.7. The van der Waals surface area contributed by atoms with E-state index in [1.54, 1.807) is 17.8 Å². The van der Waals surface area contributed by atoms with Gasteiger partial charge in [0, 0.05) is 16.8 Å². The van der Waals surface area contributed by atoms with Crippen LogP contribution in [0.5, 0.6) is 0 Å². The molecule has 1 saturated heterocycles. The van der Waals surface area contributed by atoms with Crippen LogP contribution in [0.4, 0.5) is 0 Å². The molecule has 0 radical (unpaired) electrons. The van der Waals surface area contributed by atoms with E-state index in [-0.39, 0.29) is 11.3 Å². The van der Waals surface area contributed by atoms with E-state index in [1.165, 1.54) is 11.3 Å². The summed E-state index contributed by atoms with van der Waals surface area (Å²) >= 11 is 18.5. The van der Waals surface area contributed by atoms with E-state index in [0.717, 1.165) is 15.8 Å². The van der Waals surface area contributed by atoms with E-state index in [4.69, 9.17) is 23.2 Å². The molecule has 1 atom stereocenters. The smallest absolute Gasteiger partial charge is 0.257 e. The third-order valence-corrected chi connectivity index (χ3v) is 6.47. The molecule has 1 aliphatic heterocycles. The number of carbonyl (C=O) groups excluding carboxylic acids is 1. The van der Waals surface area contributed by atoms with Crippen molar-refractivity contribution in [3.63, 3.8) is 0 Å². The summed E-state index contributed by atoms with van der Waals surface area (Å²) in [6, 6.07) is 9.71. The van der Waals surface area contributed by atoms with Crippen LogP contribution < -0.4 is 0 Å². The van der Waals surface area contributed by atoms with Crippen LogP contribution in [0, 0.1) is 0 Å². The molecule has 0 N–H and O–H groups in total. The Morgan fingerprint density at radius 3 is 2.62 bits per heavy atom. The number of thioether (sulfide) groups is 1. The molecule has 2 nitrogen and oxygen atoms in total. The molecule has 0 saturated carbocycles. The topological polar surface area (TPSA) is 20.3 Å². The Balaban J connectivity index is 1.88. The molecule has 1 aliphatic rings. The van der Waals surface area contributed by atoms with Crippen LogP contribution in [0.25, 0.3) is 0 Å². The molecule has 1 fully saturated rings. The largest absolute Gasteiger partial charge is 0.322 e. The fraction of sp³-hybridized carbons (Fsp3) is 0.214. The predicted molar refractivity (Wildman–Crippen MR) is 94.7 cm³/mol. The zero-order valence-corrected chi connectivity index (χ0v) is 15.4. The summed E-state index contributed by atoms with van der Waals surface area (Å²) in [5.41, 5.74) is 1.61. The SMILES string of the molecule is O=C(c1cc(Cl)sc1Cl)N1CCSC1c1ccc(Br)cc1. The van der Waals surface area contributed by atoms with E-state index in [9.17, 15) is 4.79 Å². The highest BCUT2D eigenvalue weighted by Crippen LogP contribution is 2.41. The highest BCUT2D eigenvalue weighted by atomic mass is 79.9. The van der Waals surface area contributed by atoms with Gasteiger partial charge in [-0.3, -0.25) is 4.79 Å². The first-order valence-electron chi connectivity index (χ1n) is 6.19. The standard InChI is InChI=1S/C14H10BrCl2NOS2/c15-9-3-1-8(2-4-9)14-18(5-6-20-14)13(19)10-7-11(16)21-12(10)17/h1-4,7,14H,5-6H2. The van der Waals surface area contributed by atoms with Gasteiger partial charge in [0.25, 0.3) is 5.91 Å². The van der Waals surface area contributed by atoms with Gasteiger partial charge in [-0.15, -0.1) is 23.1 Å². The van der Waals surface area contributed by atoms with Gasteiger partial charge in [0.05, 0.1) is 9.90 Å². The minimum absolute atomic E-state index is 0.0281. The van der Waals surface area contributed by atoms with Crippen LogP contribution in [-0.4, -0.2) is 23.1 Å². The summed E-state index contributed by atoms with van der Waals surface area (Å²) in [5.74, 6) is 0.864. The van der Waals surface area contributed by atoms with Crippen molar-refractivity contribution in [1.29, 1.82) is 0 Å². The molecule has 110 valence electrons. The van der Waals surface area contributed by atoms with Crippen molar-refractivity contribution < 1.29 is 4.79 Å². The van der Waals surface area contributed by atoms with Crippen molar-refractivity contribution in [2.75, 3.05) is 12.3 Å². The maximum absolute atomic E-state index is 12.7. The second-order valence-electron chi connectivity index (χ2n) is 4.51. The lowest BCUT2D eigenvalue weighted by atomic mass is 10.2. The summed E-state index contributed by atoms with van der Waals surface area (Å²) in [6.07, 6.45) is 0. The van der Waals surface area contributed by atoms with E-state index in [0.29, 0.717) is 20.8 Å². The predicted octanol–water partition coefficient (Wildman–Crippen LogP) is 5.71. The summed E-state index contributed by atoms with van der Waals surface area (Å²) in [4.78, 5) is 14.6. The number of benzene rings is 1. The molecular weight excluding hydrogens is 413 g/mol. The van der Waals surface area contributed by atoms with E-state index >= 15 is 0 Å². The Labute approximate surface area is 149 Å². The van der Waals surface area contributed by atoms with Crippen molar-refractivity contribution in [3.8, 4) is 0 Å². The minimum Gasteiger partial charge on any atom is -0.322 e. The first-order valence-corrected chi connectivity index (χ1v) is 9.60. The number of rotatable bonds is 2. The summed E-state index contributed by atoms with van der Waals surface area (Å²) in [6.45, 7) is 0.716. The van der Waals surface area contributed by atoms with Crippen molar-refractivity contribution in [3.05, 3.63) is 54.6 Å². The molecule has 1 aromatic heterocycles. The van der Waals surface area contributed by atoms with Crippen LogP contribution in [0.3, 0.4) is 0 Å². The molecule has 1 amide bonds. The summed E-state index contributed by atoms with van der Waals surface area (Å²) < 4.78 is 2.02.